The Hall–Kier alpha value is -0.980. The van der Waals surface area contributed by atoms with Crippen LogP contribution < -0.4 is 5.32 Å². The summed E-state index contributed by atoms with van der Waals surface area (Å²) >= 11 is 0. The molecule has 1 N–H and O–H groups in total. The lowest BCUT2D eigenvalue weighted by atomic mass is 9.82. The molecule has 1 aliphatic carbocycles. The molecule has 0 aromatic heterocycles. The summed E-state index contributed by atoms with van der Waals surface area (Å²) in [5, 5.41) is 3.64. The second kappa shape index (κ2) is 4.72. The molecular weight excluding hydrogens is 206 g/mol. The fraction of sp³-hybridized carbons (Fsp3) is 0.625. The van der Waals surface area contributed by atoms with Crippen LogP contribution in [0.25, 0.3) is 0 Å². The summed E-state index contributed by atoms with van der Waals surface area (Å²) < 4.78 is 0. The van der Waals surface area contributed by atoms with Crippen molar-refractivity contribution in [3.8, 4) is 0 Å². The van der Waals surface area contributed by atoms with Crippen molar-refractivity contribution in [1.82, 2.24) is 0 Å². The number of aryl methyl sites for hydroxylation is 1. The number of hydrogen-bond acceptors (Lipinski definition) is 1. The number of benzene rings is 1. The number of para-hydroxylation sites is 1. The Labute approximate surface area is 105 Å². The molecule has 1 aromatic carbocycles. The van der Waals surface area contributed by atoms with Gasteiger partial charge in [0.25, 0.3) is 0 Å². The van der Waals surface area contributed by atoms with Gasteiger partial charge in [-0.3, -0.25) is 0 Å². The summed E-state index contributed by atoms with van der Waals surface area (Å²) in [6.45, 7) is 3.39. The van der Waals surface area contributed by atoms with Crippen LogP contribution in [0.3, 0.4) is 0 Å². The zero-order valence-corrected chi connectivity index (χ0v) is 10.8. The van der Waals surface area contributed by atoms with E-state index in [1.54, 1.807) is 5.56 Å². The van der Waals surface area contributed by atoms with E-state index in [1.165, 1.54) is 56.3 Å². The third-order valence-electron chi connectivity index (χ3n) is 4.67. The van der Waals surface area contributed by atoms with Gasteiger partial charge in [-0.05, 0) is 36.8 Å². The molecule has 0 bridgehead atoms. The molecule has 0 saturated heterocycles. The average molecular weight is 229 g/mol. The van der Waals surface area contributed by atoms with Gasteiger partial charge in [0.05, 0.1) is 0 Å². The van der Waals surface area contributed by atoms with Gasteiger partial charge in [0.1, 0.15) is 0 Å². The van der Waals surface area contributed by atoms with Gasteiger partial charge in [-0.25, -0.2) is 0 Å². The van der Waals surface area contributed by atoms with Gasteiger partial charge in [-0.1, -0.05) is 43.9 Å². The molecule has 0 amide bonds. The highest BCUT2D eigenvalue weighted by Crippen LogP contribution is 2.42. The molecule has 1 saturated carbocycles. The van der Waals surface area contributed by atoms with Gasteiger partial charge < -0.3 is 5.32 Å². The van der Waals surface area contributed by atoms with Crippen LogP contribution in [0.5, 0.6) is 0 Å². The maximum atomic E-state index is 3.64. The normalized spacial score (nSPS) is 25.1. The fourth-order valence-corrected chi connectivity index (χ4v) is 3.70. The van der Waals surface area contributed by atoms with Crippen molar-refractivity contribution in [2.75, 3.05) is 11.9 Å². The summed E-state index contributed by atoms with van der Waals surface area (Å²) in [4.78, 5) is 0. The van der Waals surface area contributed by atoms with Crippen LogP contribution in [0.4, 0.5) is 5.69 Å². The Kier molecular flexibility index (Phi) is 3.09. The minimum absolute atomic E-state index is 0.781. The maximum Gasteiger partial charge on any atom is 0.0406 e. The third-order valence-corrected chi connectivity index (χ3v) is 4.67. The van der Waals surface area contributed by atoms with E-state index in [4.69, 9.17) is 0 Å². The molecule has 2 aliphatic rings. The van der Waals surface area contributed by atoms with E-state index < -0.39 is 0 Å². The zero-order valence-electron chi connectivity index (χ0n) is 10.8. The van der Waals surface area contributed by atoms with Gasteiger partial charge in [0.15, 0.2) is 0 Å². The van der Waals surface area contributed by atoms with E-state index in [-0.39, 0.29) is 0 Å². The summed E-state index contributed by atoms with van der Waals surface area (Å²) in [7, 11) is 0. The highest BCUT2D eigenvalue weighted by molar-refractivity contribution is 5.62. The van der Waals surface area contributed by atoms with Gasteiger partial charge in [-0.15, -0.1) is 0 Å². The van der Waals surface area contributed by atoms with Crippen LogP contribution in [-0.2, 0) is 0 Å². The van der Waals surface area contributed by atoms with Crippen molar-refractivity contribution in [1.29, 1.82) is 0 Å². The lowest BCUT2D eigenvalue weighted by Crippen LogP contribution is -2.14. The molecule has 1 heteroatoms. The van der Waals surface area contributed by atoms with Crippen molar-refractivity contribution in [3.05, 3.63) is 29.3 Å². The number of anilines is 1. The molecule has 1 atom stereocenters. The number of rotatable bonds is 1. The van der Waals surface area contributed by atoms with E-state index in [0.29, 0.717) is 0 Å². The molecule has 3 rings (SSSR count). The summed E-state index contributed by atoms with van der Waals surface area (Å²) in [6, 6.07) is 6.80. The van der Waals surface area contributed by atoms with Gasteiger partial charge >= 0.3 is 0 Å². The predicted octanol–water partition coefficient (Wildman–Crippen LogP) is 4.47. The highest BCUT2D eigenvalue weighted by Gasteiger charge is 2.30. The molecule has 92 valence electrons. The van der Waals surface area contributed by atoms with E-state index in [0.717, 1.165) is 11.8 Å². The van der Waals surface area contributed by atoms with Crippen molar-refractivity contribution >= 4 is 5.69 Å². The number of hydrogen-bond donors (Lipinski definition) is 1. The first-order valence-corrected chi connectivity index (χ1v) is 7.19. The molecule has 0 radical (unpaired) electrons. The Balaban J connectivity index is 1.84. The molecule has 1 fully saturated rings. The van der Waals surface area contributed by atoms with Crippen LogP contribution in [0.15, 0.2) is 18.2 Å². The van der Waals surface area contributed by atoms with E-state index >= 15 is 0 Å². The van der Waals surface area contributed by atoms with Crippen molar-refractivity contribution in [2.24, 2.45) is 5.92 Å². The maximum absolute atomic E-state index is 3.64. The van der Waals surface area contributed by atoms with E-state index in [1.807, 2.05) is 0 Å². The molecule has 1 unspecified atom stereocenters. The number of fused-ring (bicyclic) bond motifs is 1. The van der Waals surface area contributed by atoms with Crippen molar-refractivity contribution in [3.63, 3.8) is 0 Å². The Morgan fingerprint density at radius 2 is 1.82 bits per heavy atom. The second-order valence-corrected chi connectivity index (χ2v) is 5.78. The minimum Gasteiger partial charge on any atom is -0.384 e. The summed E-state index contributed by atoms with van der Waals surface area (Å²) in [5.41, 5.74) is 4.44. The predicted molar refractivity (Wildman–Crippen MR) is 73.6 cm³/mol. The molecule has 1 heterocycles. The third kappa shape index (κ3) is 2.08. The smallest absolute Gasteiger partial charge is 0.0406 e. The highest BCUT2D eigenvalue weighted by atomic mass is 14.9. The topological polar surface area (TPSA) is 12.0 Å². The molecule has 1 nitrogen and oxygen atoms in total. The SMILES string of the molecule is Cc1cccc2c1NCC2C1CCCCCC1. The lowest BCUT2D eigenvalue weighted by Gasteiger charge is -2.21. The minimum atomic E-state index is 0.781. The van der Waals surface area contributed by atoms with Crippen LogP contribution in [0, 0.1) is 12.8 Å². The van der Waals surface area contributed by atoms with Crippen molar-refractivity contribution < 1.29 is 0 Å². The van der Waals surface area contributed by atoms with E-state index in [9.17, 15) is 0 Å². The average Bonchev–Trinajstić information content (AvgIpc) is 2.59. The summed E-state index contributed by atoms with van der Waals surface area (Å²) in [6.07, 6.45) is 8.69. The van der Waals surface area contributed by atoms with Gasteiger partial charge in [-0.2, -0.15) is 0 Å². The first-order valence-electron chi connectivity index (χ1n) is 7.19. The van der Waals surface area contributed by atoms with Gasteiger partial charge in [0.2, 0.25) is 0 Å². The van der Waals surface area contributed by atoms with Gasteiger partial charge in [0, 0.05) is 18.2 Å². The molecule has 1 aliphatic heterocycles. The second-order valence-electron chi connectivity index (χ2n) is 5.78. The standard InChI is InChI=1S/C16H23N/c1-12-7-6-10-14-15(11-17-16(12)14)13-8-4-2-3-5-9-13/h6-7,10,13,15,17H,2-5,8-9,11H2,1H3. The molecule has 0 spiro atoms. The Bertz CT molecular complexity index is 389. The molecule has 1 aromatic rings. The first kappa shape index (κ1) is 11.1. The van der Waals surface area contributed by atoms with Crippen LogP contribution in [0.2, 0.25) is 0 Å². The fourth-order valence-electron chi connectivity index (χ4n) is 3.70. The number of nitrogens with one attached hydrogen (secondary N) is 1. The monoisotopic (exact) mass is 229 g/mol. The molecular formula is C16H23N. The van der Waals surface area contributed by atoms with Crippen molar-refractivity contribution in [2.45, 2.75) is 51.4 Å². The first-order chi connectivity index (χ1) is 8.36. The summed E-state index contributed by atoms with van der Waals surface area (Å²) in [5.74, 6) is 1.70. The Morgan fingerprint density at radius 3 is 2.59 bits per heavy atom. The molecule has 17 heavy (non-hydrogen) atoms. The quantitative estimate of drug-likeness (QED) is 0.700. The zero-order chi connectivity index (χ0) is 11.7. The largest absolute Gasteiger partial charge is 0.384 e. The lowest BCUT2D eigenvalue weighted by molar-refractivity contribution is 0.394. The van der Waals surface area contributed by atoms with Crippen LogP contribution >= 0.6 is 0 Å². The van der Waals surface area contributed by atoms with Crippen LogP contribution in [0.1, 0.15) is 55.6 Å². The Morgan fingerprint density at radius 1 is 1.06 bits per heavy atom. The van der Waals surface area contributed by atoms with E-state index in [2.05, 4.69) is 30.4 Å². The van der Waals surface area contributed by atoms with Crippen LogP contribution in [-0.4, -0.2) is 6.54 Å².